The van der Waals surface area contributed by atoms with Gasteiger partial charge in [0, 0.05) is 29.9 Å². The fourth-order valence-electron chi connectivity index (χ4n) is 1.50. The van der Waals surface area contributed by atoms with Gasteiger partial charge in [-0.05, 0) is 12.5 Å². The van der Waals surface area contributed by atoms with Gasteiger partial charge in [0.25, 0.3) is 0 Å². The topological polar surface area (TPSA) is 33.0 Å². The van der Waals surface area contributed by atoms with Crippen LogP contribution in [-0.4, -0.2) is 32.8 Å². The fourth-order valence-corrected chi connectivity index (χ4v) is 17.9. The molecule has 0 saturated carbocycles. The van der Waals surface area contributed by atoms with Gasteiger partial charge in [-0.2, -0.15) is 5.26 Å². The lowest BCUT2D eigenvalue weighted by molar-refractivity contribution is 0.367. The summed E-state index contributed by atoms with van der Waals surface area (Å²) in [5.74, 6) is 0. The zero-order chi connectivity index (χ0) is 7.94. The Morgan fingerprint density at radius 3 is 3.18 bits per heavy atom. The first kappa shape index (κ1) is 9.19. The normalized spacial score (nSPS) is 28.8. The van der Waals surface area contributed by atoms with Crippen LogP contribution in [0.1, 0.15) is 12.8 Å². The highest BCUT2D eigenvalue weighted by Gasteiger charge is 2.15. The molecule has 1 heterocycles. The number of hydrogen-bond donors (Lipinski definition) is 0. The molecule has 1 fully saturated rings. The van der Waals surface area contributed by atoms with E-state index in [0.717, 1.165) is 13.0 Å². The van der Waals surface area contributed by atoms with Gasteiger partial charge in [-0.3, -0.25) is 0 Å². The van der Waals surface area contributed by atoms with Crippen LogP contribution in [0.4, 0.5) is 0 Å². The standard InChI is InChI=1S/C6H15NOSi3/c7-3-1-2-6-11-9-5-4-8-10-11/h11H,1-2,4-6,9-10H2. The third kappa shape index (κ3) is 3.86. The summed E-state index contributed by atoms with van der Waals surface area (Å²) in [5, 5.41) is 8.35. The molecule has 2 nitrogen and oxygen atoms in total. The monoisotopic (exact) mass is 201 g/mol. The first-order valence-corrected chi connectivity index (χ1v) is 13.3. The molecule has 1 aliphatic rings. The van der Waals surface area contributed by atoms with E-state index in [9.17, 15) is 0 Å². The largest absolute Gasteiger partial charge is 0.428 e. The molecule has 0 aliphatic carbocycles. The van der Waals surface area contributed by atoms with Crippen LogP contribution in [0, 0.1) is 11.3 Å². The highest BCUT2D eigenvalue weighted by atomic mass is 29.6. The van der Waals surface area contributed by atoms with E-state index in [1.807, 2.05) is 0 Å². The van der Waals surface area contributed by atoms with Crippen molar-refractivity contribution in [2.75, 3.05) is 6.61 Å². The molecule has 0 amide bonds. The quantitative estimate of drug-likeness (QED) is 0.443. The maximum atomic E-state index is 8.35. The smallest absolute Gasteiger partial charge is 0.144 e. The fraction of sp³-hybridized carbons (Fsp3) is 0.833. The Balaban J connectivity index is 2.01. The highest BCUT2D eigenvalue weighted by Crippen LogP contribution is 2.04. The average Bonchev–Trinajstić information content (AvgIpc) is 2.07. The first-order chi connectivity index (χ1) is 5.43. The van der Waals surface area contributed by atoms with E-state index < -0.39 is 0 Å². The lowest BCUT2D eigenvalue weighted by Crippen LogP contribution is -2.37. The maximum absolute atomic E-state index is 8.35. The molecule has 1 rings (SSSR count). The molecule has 1 saturated heterocycles. The Kier molecular flexibility index (Phi) is 4.77. The summed E-state index contributed by atoms with van der Waals surface area (Å²) in [6.45, 7) is 1.10. The summed E-state index contributed by atoms with van der Waals surface area (Å²) < 4.78 is 5.57. The molecule has 1 aliphatic heterocycles. The van der Waals surface area contributed by atoms with Crippen molar-refractivity contribution in [2.45, 2.75) is 24.9 Å². The van der Waals surface area contributed by atoms with Crippen LogP contribution in [-0.2, 0) is 4.43 Å². The molecule has 0 N–H and O–H groups in total. The number of nitriles is 1. The Bertz CT molecular complexity index is 141. The maximum Gasteiger partial charge on any atom is 0.144 e. The third-order valence-electron chi connectivity index (χ3n) is 2.16. The SMILES string of the molecule is N#CCCC[SiH]1[SiH2]CCO[SiH2]1. The van der Waals surface area contributed by atoms with E-state index in [0.29, 0.717) is 9.04 Å². The molecule has 0 aromatic carbocycles. The molecule has 5 heteroatoms. The van der Waals surface area contributed by atoms with Crippen molar-refractivity contribution in [3.05, 3.63) is 0 Å². The Labute approximate surface area is 73.9 Å². The molecule has 0 radical (unpaired) electrons. The van der Waals surface area contributed by atoms with Crippen LogP contribution in [0.3, 0.4) is 0 Å². The van der Waals surface area contributed by atoms with Gasteiger partial charge in [-0.15, -0.1) is 0 Å². The number of rotatable bonds is 3. The summed E-state index contributed by atoms with van der Waals surface area (Å²) in [6, 6.07) is 5.10. The van der Waals surface area contributed by atoms with E-state index in [2.05, 4.69) is 6.07 Å². The van der Waals surface area contributed by atoms with Gasteiger partial charge in [-0.1, -0.05) is 6.04 Å². The molecule has 0 spiro atoms. The van der Waals surface area contributed by atoms with E-state index in [-0.39, 0.29) is 17.1 Å². The summed E-state index contributed by atoms with van der Waals surface area (Å²) in [4.78, 5) is 0. The average molecular weight is 201 g/mol. The lowest BCUT2D eigenvalue weighted by atomic mass is 10.4. The van der Waals surface area contributed by atoms with Crippen molar-refractivity contribution < 1.29 is 4.43 Å². The molecule has 1 unspecified atom stereocenters. The van der Waals surface area contributed by atoms with Crippen LogP contribution in [0.15, 0.2) is 0 Å². The Hall–Kier alpha value is 0.101. The van der Waals surface area contributed by atoms with E-state index in [1.165, 1.54) is 18.5 Å². The minimum absolute atomic E-state index is 0.0143. The first-order valence-electron chi connectivity index (χ1n) is 4.38. The van der Waals surface area contributed by atoms with Crippen molar-refractivity contribution in [3.63, 3.8) is 0 Å². The molecule has 1 atom stereocenters. The lowest BCUT2D eigenvalue weighted by Gasteiger charge is -2.18. The minimum atomic E-state index is -0.253. The summed E-state index contributed by atoms with van der Waals surface area (Å²) in [6.07, 6.45) is 1.96. The second-order valence-electron chi connectivity index (χ2n) is 3.13. The van der Waals surface area contributed by atoms with Gasteiger partial charge in [0.15, 0.2) is 0 Å². The van der Waals surface area contributed by atoms with E-state index in [4.69, 9.17) is 9.69 Å². The van der Waals surface area contributed by atoms with E-state index >= 15 is 0 Å². The van der Waals surface area contributed by atoms with Crippen LogP contribution in [0.25, 0.3) is 0 Å². The molecule has 0 bridgehead atoms. The molecular weight excluding hydrogens is 186 g/mol. The van der Waals surface area contributed by atoms with Crippen molar-refractivity contribution in [2.24, 2.45) is 0 Å². The predicted molar refractivity (Wildman–Crippen MR) is 54.7 cm³/mol. The molecule has 11 heavy (non-hydrogen) atoms. The number of nitrogens with zero attached hydrogens (tertiary/aromatic N) is 1. The van der Waals surface area contributed by atoms with Gasteiger partial charge >= 0.3 is 0 Å². The summed E-state index contributed by atoms with van der Waals surface area (Å²) in [5.41, 5.74) is 0. The minimum Gasteiger partial charge on any atom is -0.428 e. The summed E-state index contributed by atoms with van der Waals surface area (Å²) in [7, 11) is 0.0931. The third-order valence-corrected chi connectivity index (χ3v) is 19.9. The zero-order valence-corrected chi connectivity index (χ0v) is 10.9. The van der Waals surface area contributed by atoms with E-state index in [1.54, 1.807) is 0 Å². The van der Waals surface area contributed by atoms with Crippen molar-refractivity contribution >= 4 is 26.1 Å². The Morgan fingerprint density at radius 1 is 1.64 bits per heavy atom. The predicted octanol–water partition coefficient (Wildman–Crippen LogP) is -0.788. The van der Waals surface area contributed by atoms with Gasteiger partial charge < -0.3 is 4.43 Å². The molecular formula is C6H15NOSi3. The van der Waals surface area contributed by atoms with Crippen molar-refractivity contribution in [3.8, 4) is 6.07 Å². The highest BCUT2D eigenvalue weighted by molar-refractivity contribution is 7.38. The van der Waals surface area contributed by atoms with Gasteiger partial charge in [-0.25, -0.2) is 0 Å². The van der Waals surface area contributed by atoms with Crippen molar-refractivity contribution in [1.29, 1.82) is 5.26 Å². The second-order valence-corrected chi connectivity index (χ2v) is 20.6. The number of hydrogen-bond acceptors (Lipinski definition) is 2. The van der Waals surface area contributed by atoms with Gasteiger partial charge in [0.05, 0.1) is 6.07 Å². The number of unbranched alkanes of at least 4 members (excludes halogenated alkanes) is 1. The second kappa shape index (κ2) is 5.71. The van der Waals surface area contributed by atoms with Crippen LogP contribution in [0.5, 0.6) is 0 Å². The Morgan fingerprint density at radius 2 is 2.55 bits per heavy atom. The van der Waals surface area contributed by atoms with Crippen LogP contribution in [0.2, 0.25) is 12.1 Å². The van der Waals surface area contributed by atoms with Crippen LogP contribution < -0.4 is 0 Å². The zero-order valence-electron chi connectivity index (χ0n) is 6.88. The molecule has 62 valence electrons. The molecule has 0 aromatic heterocycles. The van der Waals surface area contributed by atoms with Crippen LogP contribution >= 0.6 is 0 Å². The summed E-state index contributed by atoms with van der Waals surface area (Å²) >= 11 is 0. The van der Waals surface area contributed by atoms with Gasteiger partial charge in [0.2, 0.25) is 0 Å². The molecule has 0 aromatic rings. The van der Waals surface area contributed by atoms with Gasteiger partial charge in [0.1, 0.15) is 9.28 Å². The van der Waals surface area contributed by atoms with Crippen molar-refractivity contribution in [1.82, 2.24) is 0 Å².